The van der Waals surface area contributed by atoms with Gasteiger partial charge in [-0.25, -0.2) is 0 Å². The molecule has 0 bridgehead atoms. The lowest BCUT2D eigenvalue weighted by Gasteiger charge is -2.16. The monoisotopic (exact) mass is 207 g/mol. The van der Waals surface area contributed by atoms with Crippen molar-refractivity contribution in [2.75, 3.05) is 6.54 Å². The van der Waals surface area contributed by atoms with Crippen LogP contribution >= 0.6 is 0 Å². The van der Waals surface area contributed by atoms with E-state index in [1.807, 2.05) is 12.1 Å². The Kier molecular flexibility index (Phi) is 4.63. The van der Waals surface area contributed by atoms with Crippen molar-refractivity contribution in [3.63, 3.8) is 0 Å². The largest absolute Gasteiger partial charge is 0.489 e. The molecule has 0 aliphatic rings. The molecule has 2 N–H and O–H groups in total. The van der Waals surface area contributed by atoms with E-state index in [2.05, 4.69) is 32.9 Å². The highest BCUT2D eigenvalue weighted by molar-refractivity contribution is 5.29. The van der Waals surface area contributed by atoms with Crippen LogP contribution in [-0.4, -0.2) is 12.6 Å². The molecule has 0 spiro atoms. The number of hydrogen-bond acceptors (Lipinski definition) is 2. The first-order valence-corrected chi connectivity index (χ1v) is 5.64. The van der Waals surface area contributed by atoms with Crippen LogP contribution in [0.25, 0.3) is 0 Å². The van der Waals surface area contributed by atoms with Crippen LogP contribution in [0.2, 0.25) is 0 Å². The molecule has 1 unspecified atom stereocenters. The van der Waals surface area contributed by atoms with E-state index in [0.29, 0.717) is 12.5 Å². The number of benzene rings is 1. The Morgan fingerprint density at radius 2 is 1.80 bits per heavy atom. The highest BCUT2D eigenvalue weighted by atomic mass is 16.5. The predicted octanol–water partition coefficient (Wildman–Crippen LogP) is 2.93. The lowest BCUT2D eigenvalue weighted by molar-refractivity contribution is 0.205. The van der Waals surface area contributed by atoms with Crippen LogP contribution in [0.5, 0.6) is 5.75 Å². The van der Waals surface area contributed by atoms with Crippen molar-refractivity contribution >= 4 is 0 Å². The van der Waals surface area contributed by atoms with Crippen molar-refractivity contribution < 1.29 is 4.74 Å². The van der Waals surface area contributed by atoms with Crippen molar-refractivity contribution in [1.82, 2.24) is 0 Å². The molecule has 0 aliphatic heterocycles. The van der Waals surface area contributed by atoms with Gasteiger partial charge in [0.2, 0.25) is 0 Å². The summed E-state index contributed by atoms with van der Waals surface area (Å²) in [5.41, 5.74) is 6.92. The molecule has 1 aromatic carbocycles. The maximum Gasteiger partial charge on any atom is 0.119 e. The second kappa shape index (κ2) is 5.76. The van der Waals surface area contributed by atoms with E-state index in [1.54, 1.807) is 0 Å². The second-order valence-electron chi connectivity index (χ2n) is 4.11. The summed E-state index contributed by atoms with van der Waals surface area (Å²) < 4.78 is 5.72. The molecule has 0 amide bonds. The van der Waals surface area contributed by atoms with Crippen LogP contribution in [-0.2, 0) is 0 Å². The lowest BCUT2D eigenvalue weighted by atomic mass is 10.0. The quantitative estimate of drug-likeness (QED) is 0.805. The third kappa shape index (κ3) is 3.56. The molecule has 0 heterocycles. The highest BCUT2D eigenvalue weighted by Gasteiger charge is 2.05. The number of rotatable bonds is 5. The van der Waals surface area contributed by atoms with E-state index in [1.165, 1.54) is 5.56 Å². The minimum absolute atomic E-state index is 0.134. The first-order valence-electron chi connectivity index (χ1n) is 5.64. The van der Waals surface area contributed by atoms with Crippen molar-refractivity contribution in [1.29, 1.82) is 0 Å². The van der Waals surface area contributed by atoms with Gasteiger partial charge in [0, 0.05) is 6.54 Å². The van der Waals surface area contributed by atoms with Crippen LogP contribution in [0.15, 0.2) is 24.3 Å². The van der Waals surface area contributed by atoms with Crippen molar-refractivity contribution in [2.24, 2.45) is 5.73 Å². The van der Waals surface area contributed by atoms with Gasteiger partial charge in [0.05, 0.1) is 0 Å². The smallest absolute Gasteiger partial charge is 0.119 e. The molecule has 0 aliphatic carbocycles. The van der Waals surface area contributed by atoms with Gasteiger partial charge in [0.25, 0.3) is 0 Å². The molecule has 84 valence electrons. The topological polar surface area (TPSA) is 35.2 Å². The first-order chi connectivity index (χ1) is 7.17. The Hall–Kier alpha value is -1.02. The molecular formula is C13H21NO. The molecule has 1 atom stereocenters. The van der Waals surface area contributed by atoms with Gasteiger partial charge in [-0.1, -0.05) is 32.9 Å². The van der Waals surface area contributed by atoms with E-state index in [9.17, 15) is 0 Å². The molecule has 0 saturated heterocycles. The molecule has 0 aromatic heterocycles. The van der Waals surface area contributed by atoms with E-state index in [4.69, 9.17) is 10.5 Å². The number of ether oxygens (including phenoxy) is 1. The van der Waals surface area contributed by atoms with Crippen LogP contribution in [0, 0.1) is 0 Å². The summed E-state index contributed by atoms with van der Waals surface area (Å²) >= 11 is 0. The minimum atomic E-state index is 0.134. The number of hydrogen-bond donors (Lipinski definition) is 1. The summed E-state index contributed by atoms with van der Waals surface area (Å²) in [5, 5.41) is 0. The van der Waals surface area contributed by atoms with Crippen LogP contribution in [0.3, 0.4) is 0 Å². The summed E-state index contributed by atoms with van der Waals surface area (Å²) in [5.74, 6) is 1.48. The average molecular weight is 207 g/mol. The van der Waals surface area contributed by atoms with Gasteiger partial charge in [0.15, 0.2) is 0 Å². The SMILES string of the molecule is CCC(CN)Oc1ccc(C(C)C)cc1. The molecule has 0 radical (unpaired) electrons. The third-order valence-corrected chi connectivity index (χ3v) is 2.57. The minimum Gasteiger partial charge on any atom is -0.489 e. The van der Waals surface area contributed by atoms with E-state index in [0.717, 1.165) is 12.2 Å². The lowest BCUT2D eigenvalue weighted by Crippen LogP contribution is -2.25. The van der Waals surface area contributed by atoms with Crippen LogP contribution < -0.4 is 10.5 Å². The molecule has 0 saturated carbocycles. The summed E-state index contributed by atoms with van der Waals surface area (Å²) in [6.07, 6.45) is 1.08. The summed E-state index contributed by atoms with van der Waals surface area (Å²) in [6.45, 7) is 7.03. The van der Waals surface area contributed by atoms with Gasteiger partial charge in [-0.15, -0.1) is 0 Å². The maximum absolute atomic E-state index is 5.72. The first kappa shape index (κ1) is 12.1. The molecule has 1 rings (SSSR count). The van der Waals surface area contributed by atoms with E-state index < -0.39 is 0 Å². The fourth-order valence-electron chi connectivity index (χ4n) is 1.42. The van der Waals surface area contributed by atoms with Crippen LogP contribution in [0.1, 0.15) is 38.7 Å². The van der Waals surface area contributed by atoms with Crippen molar-refractivity contribution in [3.8, 4) is 5.75 Å². The molecule has 15 heavy (non-hydrogen) atoms. The average Bonchev–Trinajstić information content (AvgIpc) is 2.26. The van der Waals surface area contributed by atoms with Gasteiger partial charge in [0.1, 0.15) is 11.9 Å². The van der Waals surface area contributed by atoms with E-state index >= 15 is 0 Å². The van der Waals surface area contributed by atoms with Gasteiger partial charge in [-0.2, -0.15) is 0 Å². The van der Waals surface area contributed by atoms with Gasteiger partial charge in [-0.3, -0.25) is 0 Å². The highest BCUT2D eigenvalue weighted by Crippen LogP contribution is 2.19. The van der Waals surface area contributed by atoms with Gasteiger partial charge in [-0.05, 0) is 30.0 Å². The summed E-state index contributed by atoms with van der Waals surface area (Å²) in [6, 6.07) is 8.27. The Balaban J connectivity index is 2.63. The molecule has 1 aromatic rings. The zero-order valence-corrected chi connectivity index (χ0v) is 9.86. The molecule has 0 fully saturated rings. The predicted molar refractivity (Wildman–Crippen MR) is 64.3 cm³/mol. The summed E-state index contributed by atoms with van der Waals surface area (Å²) in [4.78, 5) is 0. The Bertz CT molecular complexity index is 275. The Morgan fingerprint density at radius 3 is 2.20 bits per heavy atom. The fourth-order valence-corrected chi connectivity index (χ4v) is 1.42. The Morgan fingerprint density at radius 1 is 1.20 bits per heavy atom. The fraction of sp³-hybridized carbons (Fsp3) is 0.538. The zero-order valence-electron chi connectivity index (χ0n) is 9.86. The van der Waals surface area contributed by atoms with Crippen molar-refractivity contribution in [3.05, 3.63) is 29.8 Å². The van der Waals surface area contributed by atoms with Crippen molar-refractivity contribution in [2.45, 2.75) is 39.2 Å². The second-order valence-corrected chi connectivity index (χ2v) is 4.11. The van der Waals surface area contributed by atoms with E-state index in [-0.39, 0.29) is 6.10 Å². The molecule has 2 heteroatoms. The third-order valence-electron chi connectivity index (χ3n) is 2.57. The normalized spacial score (nSPS) is 12.9. The molecule has 2 nitrogen and oxygen atoms in total. The van der Waals surface area contributed by atoms with Gasteiger partial charge < -0.3 is 10.5 Å². The molecular weight excluding hydrogens is 186 g/mol. The number of nitrogens with two attached hydrogens (primary N) is 1. The summed E-state index contributed by atoms with van der Waals surface area (Å²) in [7, 11) is 0. The zero-order chi connectivity index (χ0) is 11.3. The standard InChI is InChI=1S/C13H21NO/c1-4-12(9-14)15-13-7-5-11(6-8-13)10(2)3/h5-8,10,12H,4,9,14H2,1-3H3. The van der Waals surface area contributed by atoms with Gasteiger partial charge >= 0.3 is 0 Å². The Labute approximate surface area is 92.4 Å². The van der Waals surface area contributed by atoms with Crippen LogP contribution in [0.4, 0.5) is 0 Å². The maximum atomic E-state index is 5.72.